The number of para-hydroxylation sites is 1. The van der Waals surface area contributed by atoms with Crippen LogP contribution in [-0.4, -0.2) is 41.5 Å². The minimum Gasteiger partial charge on any atom is -0.395 e. The molecule has 0 bridgehead atoms. The molecule has 0 unspecified atom stereocenters. The molecule has 0 saturated carbocycles. The molecule has 4 N–H and O–H groups in total. The number of aliphatic hydroxyl groups is 2. The Labute approximate surface area is 105 Å². The zero-order valence-electron chi connectivity index (χ0n) is 10.1. The van der Waals surface area contributed by atoms with Crippen LogP contribution in [0.2, 0.25) is 0 Å². The number of benzene rings is 1. The number of anilines is 2. The molecule has 2 aromatic rings. The highest BCUT2D eigenvalue weighted by atomic mass is 16.3. The number of rotatable bonds is 6. The number of hydrogen-bond donors (Lipinski definition) is 4. The largest absolute Gasteiger partial charge is 0.395 e. The second-order valence-corrected chi connectivity index (χ2v) is 3.88. The summed E-state index contributed by atoms with van der Waals surface area (Å²) in [5, 5.41) is 24.9. The van der Waals surface area contributed by atoms with E-state index in [-0.39, 0.29) is 13.2 Å². The molecule has 0 aliphatic carbocycles. The Morgan fingerprint density at radius 2 is 1.72 bits per heavy atom. The van der Waals surface area contributed by atoms with Crippen molar-refractivity contribution in [3.63, 3.8) is 0 Å². The van der Waals surface area contributed by atoms with Crippen LogP contribution in [-0.2, 0) is 0 Å². The molecule has 0 atom stereocenters. The maximum atomic E-state index is 8.86. The molecule has 0 saturated heterocycles. The predicted molar refractivity (Wildman–Crippen MR) is 72.9 cm³/mol. The molecule has 1 aromatic carbocycles. The average Bonchev–Trinajstić information content (AvgIpc) is 2.42. The topological polar surface area (TPSA) is 77.4 Å². The summed E-state index contributed by atoms with van der Waals surface area (Å²) in [5.74, 6) is 0.691. The van der Waals surface area contributed by atoms with Gasteiger partial charge in [-0.1, -0.05) is 18.2 Å². The fourth-order valence-electron chi connectivity index (χ4n) is 1.75. The molecule has 96 valence electrons. The number of fused-ring (bicyclic) bond motifs is 1. The summed E-state index contributed by atoms with van der Waals surface area (Å²) in [6, 6.07) is 9.81. The fraction of sp³-hybridized carbons (Fsp3) is 0.308. The third kappa shape index (κ3) is 2.88. The van der Waals surface area contributed by atoms with Gasteiger partial charge in [-0.3, -0.25) is 0 Å². The summed E-state index contributed by atoms with van der Waals surface area (Å²) < 4.78 is 0. The van der Waals surface area contributed by atoms with Gasteiger partial charge in [-0.15, -0.1) is 0 Å². The molecule has 1 heterocycles. The maximum Gasteiger partial charge on any atom is 0.150 e. The summed E-state index contributed by atoms with van der Waals surface area (Å²) in [5.41, 5.74) is 1.73. The number of aliphatic hydroxyl groups excluding tert-OH is 2. The average molecular weight is 247 g/mol. The van der Waals surface area contributed by atoms with Crippen molar-refractivity contribution in [1.29, 1.82) is 0 Å². The highest BCUT2D eigenvalue weighted by Crippen LogP contribution is 2.24. The molecule has 1 aromatic heterocycles. The van der Waals surface area contributed by atoms with Gasteiger partial charge in [-0.25, -0.2) is 4.98 Å². The second-order valence-electron chi connectivity index (χ2n) is 3.88. The van der Waals surface area contributed by atoms with Gasteiger partial charge >= 0.3 is 0 Å². The Hall–Kier alpha value is -1.85. The number of aromatic nitrogens is 1. The molecule has 0 fully saturated rings. The molecule has 18 heavy (non-hydrogen) atoms. The van der Waals surface area contributed by atoms with Gasteiger partial charge in [-0.2, -0.15) is 0 Å². The highest BCUT2D eigenvalue weighted by molar-refractivity contribution is 5.86. The Bertz CT molecular complexity index is 470. The van der Waals surface area contributed by atoms with Crippen molar-refractivity contribution in [2.75, 3.05) is 36.9 Å². The van der Waals surface area contributed by atoms with Gasteiger partial charge in [0, 0.05) is 18.5 Å². The number of nitrogens with one attached hydrogen (secondary N) is 2. The van der Waals surface area contributed by atoms with Gasteiger partial charge in [0.15, 0.2) is 0 Å². The molecule has 0 radical (unpaired) electrons. The molecule has 5 nitrogen and oxygen atoms in total. The van der Waals surface area contributed by atoms with Crippen molar-refractivity contribution in [2.24, 2.45) is 0 Å². The van der Waals surface area contributed by atoms with Crippen LogP contribution in [0.5, 0.6) is 0 Å². The fourth-order valence-corrected chi connectivity index (χ4v) is 1.75. The summed E-state index contributed by atoms with van der Waals surface area (Å²) in [7, 11) is 0. The van der Waals surface area contributed by atoms with E-state index in [4.69, 9.17) is 10.2 Å². The first-order chi connectivity index (χ1) is 8.85. The lowest BCUT2D eigenvalue weighted by Gasteiger charge is -2.13. The first-order valence-corrected chi connectivity index (χ1v) is 5.94. The standard InChI is InChI=1S/C13H17N3O2/c17-7-5-14-12-9-10-3-1-2-4-11(10)16-13(12)15-6-8-18/h1-4,9,14,17-18H,5-8H2,(H,15,16). The van der Waals surface area contributed by atoms with Crippen molar-refractivity contribution < 1.29 is 10.2 Å². The third-order valence-corrected chi connectivity index (χ3v) is 2.56. The van der Waals surface area contributed by atoms with Gasteiger partial charge in [0.1, 0.15) is 5.82 Å². The zero-order valence-corrected chi connectivity index (χ0v) is 10.1. The summed E-state index contributed by atoms with van der Waals surface area (Å²) >= 11 is 0. The molecular formula is C13H17N3O2. The van der Waals surface area contributed by atoms with Crippen LogP contribution in [0.25, 0.3) is 10.9 Å². The van der Waals surface area contributed by atoms with Crippen LogP contribution in [0.15, 0.2) is 30.3 Å². The molecule has 0 aliphatic rings. The van der Waals surface area contributed by atoms with Gasteiger partial charge in [0.25, 0.3) is 0 Å². The number of nitrogens with zero attached hydrogens (tertiary/aromatic N) is 1. The quantitative estimate of drug-likeness (QED) is 0.613. The van der Waals surface area contributed by atoms with E-state index in [2.05, 4.69) is 15.6 Å². The van der Waals surface area contributed by atoms with Crippen LogP contribution in [0.3, 0.4) is 0 Å². The first kappa shape index (κ1) is 12.6. The van der Waals surface area contributed by atoms with Gasteiger partial charge in [0.05, 0.1) is 24.4 Å². The highest BCUT2D eigenvalue weighted by Gasteiger charge is 2.05. The number of hydrogen-bond acceptors (Lipinski definition) is 5. The van der Waals surface area contributed by atoms with Crippen molar-refractivity contribution >= 4 is 22.4 Å². The monoisotopic (exact) mass is 247 g/mol. The summed E-state index contributed by atoms with van der Waals surface area (Å²) in [4.78, 5) is 4.50. The molecule has 0 spiro atoms. The van der Waals surface area contributed by atoms with Crippen molar-refractivity contribution in [1.82, 2.24) is 4.98 Å². The van der Waals surface area contributed by atoms with Crippen LogP contribution in [0, 0.1) is 0 Å². The lowest BCUT2D eigenvalue weighted by molar-refractivity contribution is 0.310. The Morgan fingerprint density at radius 3 is 2.50 bits per heavy atom. The van der Waals surface area contributed by atoms with E-state index in [0.29, 0.717) is 18.9 Å². The van der Waals surface area contributed by atoms with Crippen LogP contribution in [0.1, 0.15) is 0 Å². The molecular weight excluding hydrogens is 230 g/mol. The van der Waals surface area contributed by atoms with Gasteiger partial charge < -0.3 is 20.8 Å². The van der Waals surface area contributed by atoms with E-state index in [1.165, 1.54) is 0 Å². The van der Waals surface area contributed by atoms with Gasteiger partial charge in [-0.05, 0) is 12.1 Å². The maximum absolute atomic E-state index is 8.86. The smallest absolute Gasteiger partial charge is 0.150 e. The molecule has 5 heteroatoms. The van der Waals surface area contributed by atoms with Crippen molar-refractivity contribution in [2.45, 2.75) is 0 Å². The van der Waals surface area contributed by atoms with E-state index in [0.717, 1.165) is 16.6 Å². The third-order valence-electron chi connectivity index (χ3n) is 2.56. The summed E-state index contributed by atoms with van der Waals surface area (Å²) in [6.07, 6.45) is 0. The minimum atomic E-state index is 0.0496. The predicted octanol–water partition coefficient (Wildman–Crippen LogP) is 1.04. The molecule has 2 rings (SSSR count). The Kier molecular flexibility index (Phi) is 4.33. The SMILES string of the molecule is OCCNc1cc2ccccc2nc1NCCO. The minimum absolute atomic E-state index is 0.0496. The lowest BCUT2D eigenvalue weighted by atomic mass is 10.2. The van der Waals surface area contributed by atoms with E-state index in [1.54, 1.807) is 0 Å². The normalized spacial score (nSPS) is 10.6. The van der Waals surface area contributed by atoms with Gasteiger partial charge in [0.2, 0.25) is 0 Å². The van der Waals surface area contributed by atoms with Crippen molar-refractivity contribution in [3.05, 3.63) is 30.3 Å². The Morgan fingerprint density at radius 1 is 1.00 bits per heavy atom. The van der Waals surface area contributed by atoms with E-state index in [1.807, 2.05) is 30.3 Å². The second kappa shape index (κ2) is 6.18. The first-order valence-electron chi connectivity index (χ1n) is 5.94. The molecule has 0 amide bonds. The lowest BCUT2D eigenvalue weighted by Crippen LogP contribution is -2.12. The van der Waals surface area contributed by atoms with E-state index in [9.17, 15) is 0 Å². The van der Waals surface area contributed by atoms with E-state index >= 15 is 0 Å². The van der Waals surface area contributed by atoms with Crippen molar-refractivity contribution in [3.8, 4) is 0 Å². The Balaban J connectivity index is 2.35. The van der Waals surface area contributed by atoms with Crippen LogP contribution in [0.4, 0.5) is 11.5 Å². The van der Waals surface area contributed by atoms with Crippen LogP contribution < -0.4 is 10.6 Å². The van der Waals surface area contributed by atoms with Crippen LogP contribution >= 0.6 is 0 Å². The van der Waals surface area contributed by atoms with E-state index < -0.39 is 0 Å². The molecule has 0 aliphatic heterocycles. The number of pyridine rings is 1. The zero-order chi connectivity index (χ0) is 12.8. The summed E-state index contributed by atoms with van der Waals surface area (Å²) in [6.45, 7) is 1.02.